The fourth-order valence-corrected chi connectivity index (χ4v) is 1.24. The normalized spacial score (nSPS) is 11.9. The van der Waals surface area contributed by atoms with Crippen LogP contribution in [-0.2, 0) is 9.53 Å². The van der Waals surface area contributed by atoms with Gasteiger partial charge in [0, 0.05) is 0 Å². The molecule has 3 nitrogen and oxygen atoms in total. The minimum Gasteiger partial charge on any atom is -0.468 e. The highest BCUT2D eigenvalue weighted by Crippen LogP contribution is 2.06. The summed E-state index contributed by atoms with van der Waals surface area (Å²) in [5.41, 5.74) is -0.564. The summed E-state index contributed by atoms with van der Waals surface area (Å²) in [6.45, 7) is 8.94. The molecule has 0 aromatic heterocycles. The lowest BCUT2D eigenvalue weighted by Gasteiger charge is -2.23. The fourth-order valence-electron chi connectivity index (χ4n) is 1.24. The average molecular weight is 201 g/mol. The number of methoxy groups -OCH3 is 1. The van der Waals surface area contributed by atoms with Crippen LogP contribution in [-0.4, -0.2) is 25.2 Å². The van der Waals surface area contributed by atoms with Crippen molar-refractivity contribution >= 4 is 5.97 Å². The van der Waals surface area contributed by atoms with Crippen LogP contribution >= 0.6 is 0 Å². The topological polar surface area (TPSA) is 38.3 Å². The first-order chi connectivity index (χ1) is 6.40. The van der Waals surface area contributed by atoms with E-state index >= 15 is 0 Å². The van der Waals surface area contributed by atoms with Crippen LogP contribution in [0.15, 0.2) is 0 Å². The molecule has 0 amide bonds. The van der Waals surface area contributed by atoms with Gasteiger partial charge in [0.1, 0.15) is 5.54 Å². The minimum absolute atomic E-state index is 0.206. The van der Waals surface area contributed by atoms with Crippen molar-refractivity contribution in [1.82, 2.24) is 5.32 Å². The van der Waals surface area contributed by atoms with E-state index in [-0.39, 0.29) is 5.97 Å². The molecule has 0 aromatic carbocycles. The van der Waals surface area contributed by atoms with E-state index in [1.165, 1.54) is 13.5 Å². The number of carbonyl (C=O) groups excluding carboxylic acids is 1. The van der Waals surface area contributed by atoms with Crippen molar-refractivity contribution in [1.29, 1.82) is 0 Å². The van der Waals surface area contributed by atoms with E-state index < -0.39 is 5.54 Å². The van der Waals surface area contributed by atoms with Crippen molar-refractivity contribution in [3.63, 3.8) is 0 Å². The van der Waals surface area contributed by atoms with Gasteiger partial charge in [-0.15, -0.1) is 0 Å². The summed E-state index contributed by atoms with van der Waals surface area (Å²) in [5.74, 6) is 0.514. The highest BCUT2D eigenvalue weighted by molar-refractivity contribution is 5.79. The zero-order valence-corrected chi connectivity index (χ0v) is 10.0. The highest BCUT2D eigenvalue weighted by atomic mass is 16.5. The summed E-state index contributed by atoms with van der Waals surface area (Å²) in [6, 6.07) is 0. The van der Waals surface area contributed by atoms with Gasteiger partial charge < -0.3 is 10.1 Å². The van der Waals surface area contributed by atoms with Crippen molar-refractivity contribution in [2.75, 3.05) is 13.7 Å². The van der Waals surface area contributed by atoms with Gasteiger partial charge in [-0.3, -0.25) is 4.79 Å². The van der Waals surface area contributed by atoms with Crippen LogP contribution in [0, 0.1) is 5.92 Å². The molecule has 0 heterocycles. The van der Waals surface area contributed by atoms with E-state index in [2.05, 4.69) is 19.2 Å². The summed E-state index contributed by atoms with van der Waals surface area (Å²) < 4.78 is 4.69. The van der Waals surface area contributed by atoms with Crippen molar-refractivity contribution in [2.24, 2.45) is 5.92 Å². The number of esters is 1. The van der Waals surface area contributed by atoms with Crippen molar-refractivity contribution in [3.8, 4) is 0 Å². The van der Waals surface area contributed by atoms with Crippen molar-refractivity contribution < 1.29 is 9.53 Å². The Kier molecular flexibility index (Phi) is 5.77. The number of hydrogen-bond donors (Lipinski definition) is 1. The molecule has 1 N–H and O–H groups in total. The fraction of sp³-hybridized carbons (Fsp3) is 0.909. The molecule has 0 aliphatic rings. The van der Waals surface area contributed by atoms with Gasteiger partial charge in [0.05, 0.1) is 7.11 Å². The second-order valence-corrected chi connectivity index (χ2v) is 4.58. The molecule has 0 atom stereocenters. The zero-order chi connectivity index (χ0) is 11.2. The van der Waals surface area contributed by atoms with E-state index in [0.29, 0.717) is 0 Å². The molecule has 0 aliphatic heterocycles. The second-order valence-electron chi connectivity index (χ2n) is 4.58. The molecule has 84 valence electrons. The smallest absolute Gasteiger partial charge is 0.325 e. The van der Waals surface area contributed by atoms with E-state index in [4.69, 9.17) is 4.74 Å². The SMILES string of the molecule is COC(=O)C(C)(C)NCCCC(C)C. The largest absolute Gasteiger partial charge is 0.468 e. The third-order valence-electron chi connectivity index (χ3n) is 2.22. The first kappa shape index (κ1) is 13.4. The van der Waals surface area contributed by atoms with Gasteiger partial charge in [-0.05, 0) is 39.2 Å². The summed E-state index contributed by atoms with van der Waals surface area (Å²) >= 11 is 0. The average Bonchev–Trinajstić information content (AvgIpc) is 2.10. The van der Waals surface area contributed by atoms with Crippen molar-refractivity contribution in [3.05, 3.63) is 0 Å². The molecule has 0 unspecified atom stereocenters. The summed E-state index contributed by atoms with van der Waals surface area (Å²) in [5, 5.41) is 3.19. The van der Waals surface area contributed by atoms with Gasteiger partial charge in [0.25, 0.3) is 0 Å². The predicted octanol–water partition coefficient (Wildman–Crippen LogP) is 1.96. The Morgan fingerprint density at radius 3 is 2.43 bits per heavy atom. The lowest BCUT2D eigenvalue weighted by molar-refractivity contribution is -0.147. The van der Waals surface area contributed by atoms with Crippen LogP contribution in [0.4, 0.5) is 0 Å². The molecule has 0 fully saturated rings. The van der Waals surface area contributed by atoms with Gasteiger partial charge in [-0.2, -0.15) is 0 Å². The molecular formula is C11H23NO2. The standard InChI is InChI=1S/C11H23NO2/c1-9(2)7-6-8-12-11(3,4)10(13)14-5/h9,12H,6-8H2,1-5H3. The van der Waals surface area contributed by atoms with Gasteiger partial charge in [-0.25, -0.2) is 0 Å². The molecule has 0 bridgehead atoms. The second kappa shape index (κ2) is 6.02. The number of ether oxygens (including phenoxy) is 1. The molecule has 0 saturated heterocycles. The maximum Gasteiger partial charge on any atom is 0.325 e. The molecule has 0 aliphatic carbocycles. The number of rotatable bonds is 6. The summed E-state index contributed by atoms with van der Waals surface area (Å²) in [7, 11) is 1.42. The maximum atomic E-state index is 11.3. The summed E-state index contributed by atoms with van der Waals surface area (Å²) in [4.78, 5) is 11.3. The lowest BCUT2D eigenvalue weighted by atomic mass is 10.0. The summed E-state index contributed by atoms with van der Waals surface area (Å²) in [6.07, 6.45) is 2.28. The Labute approximate surface area is 87.2 Å². The third kappa shape index (κ3) is 5.22. The van der Waals surface area contributed by atoms with Crippen LogP contribution in [0.3, 0.4) is 0 Å². The van der Waals surface area contributed by atoms with Crippen LogP contribution in [0.2, 0.25) is 0 Å². The van der Waals surface area contributed by atoms with Crippen LogP contribution in [0.1, 0.15) is 40.5 Å². The molecule has 0 aromatic rings. The Balaban J connectivity index is 3.71. The Hall–Kier alpha value is -0.570. The van der Waals surface area contributed by atoms with Gasteiger partial charge in [-0.1, -0.05) is 13.8 Å². The quantitative estimate of drug-likeness (QED) is 0.527. The third-order valence-corrected chi connectivity index (χ3v) is 2.22. The number of nitrogens with one attached hydrogen (secondary N) is 1. The van der Waals surface area contributed by atoms with Crippen LogP contribution in [0.25, 0.3) is 0 Å². The van der Waals surface area contributed by atoms with Crippen LogP contribution < -0.4 is 5.32 Å². The van der Waals surface area contributed by atoms with Gasteiger partial charge in [0.2, 0.25) is 0 Å². The van der Waals surface area contributed by atoms with E-state index in [0.717, 1.165) is 18.9 Å². The molecule has 3 heteroatoms. The number of hydrogen-bond acceptors (Lipinski definition) is 3. The predicted molar refractivity (Wildman–Crippen MR) is 58.2 cm³/mol. The van der Waals surface area contributed by atoms with Gasteiger partial charge in [0.15, 0.2) is 0 Å². The Bertz CT molecular complexity index is 176. The first-order valence-corrected chi connectivity index (χ1v) is 5.23. The first-order valence-electron chi connectivity index (χ1n) is 5.23. The Morgan fingerprint density at radius 1 is 1.43 bits per heavy atom. The monoisotopic (exact) mass is 201 g/mol. The molecular weight excluding hydrogens is 178 g/mol. The van der Waals surface area contributed by atoms with E-state index in [1.807, 2.05) is 13.8 Å². The van der Waals surface area contributed by atoms with Crippen LogP contribution in [0.5, 0.6) is 0 Å². The zero-order valence-electron chi connectivity index (χ0n) is 10.0. The lowest BCUT2D eigenvalue weighted by Crippen LogP contribution is -2.47. The van der Waals surface area contributed by atoms with E-state index in [9.17, 15) is 4.79 Å². The minimum atomic E-state index is -0.564. The number of carbonyl (C=O) groups is 1. The maximum absolute atomic E-state index is 11.3. The molecule has 0 saturated carbocycles. The molecule has 14 heavy (non-hydrogen) atoms. The Morgan fingerprint density at radius 2 is 2.00 bits per heavy atom. The van der Waals surface area contributed by atoms with Gasteiger partial charge >= 0.3 is 5.97 Å². The van der Waals surface area contributed by atoms with E-state index in [1.54, 1.807) is 0 Å². The highest BCUT2D eigenvalue weighted by Gasteiger charge is 2.27. The molecule has 0 radical (unpaired) electrons. The van der Waals surface area contributed by atoms with Crippen molar-refractivity contribution in [2.45, 2.75) is 46.1 Å². The molecule has 0 rings (SSSR count). The molecule has 0 spiro atoms.